The van der Waals surface area contributed by atoms with Crippen LogP contribution in [0.3, 0.4) is 0 Å². The van der Waals surface area contributed by atoms with E-state index in [1.54, 1.807) is 6.07 Å². The molecule has 6 heteroatoms. The maximum Gasteiger partial charge on any atom is 0.149 e. The van der Waals surface area contributed by atoms with Crippen LogP contribution in [0.5, 0.6) is 0 Å². The van der Waals surface area contributed by atoms with Crippen molar-refractivity contribution in [2.45, 2.75) is 37.9 Å². The number of rotatable bonds is 5. The number of nitrogens with zero attached hydrogens (tertiary/aromatic N) is 1. The first-order chi connectivity index (χ1) is 9.81. The molecule has 0 fully saturated rings. The van der Waals surface area contributed by atoms with Crippen LogP contribution in [0.2, 0.25) is 5.15 Å². The van der Waals surface area contributed by atoms with Gasteiger partial charge in [0.2, 0.25) is 0 Å². The van der Waals surface area contributed by atoms with E-state index in [0.717, 1.165) is 17.4 Å². The number of aromatic nitrogens is 1. The summed E-state index contributed by atoms with van der Waals surface area (Å²) >= 11 is 6.13. The highest BCUT2D eigenvalue weighted by atomic mass is 35.5. The van der Waals surface area contributed by atoms with E-state index >= 15 is 0 Å². The molecule has 2 aromatic rings. The zero-order valence-electron chi connectivity index (χ0n) is 12.0. The Kier molecular flexibility index (Phi) is 4.96. The fourth-order valence-electron chi connectivity index (χ4n) is 2.16. The van der Waals surface area contributed by atoms with Gasteiger partial charge in [0.15, 0.2) is 0 Å². The summed E-state index contributed by atoms with van der Waals surface area (Å²) in [5, 5.41) is 6.51. The minimum atomic E-state index is -1.36. The van der Waals surface area contributed by atoms with E-state index in [1.165, 1.54) is 6.07 Å². The first kappa shape index (κ1) is 16.3. The molecule has 1 aromatic heterocycles. The van der Waals surface area contributed by atoms with Crippen LogP contribution < -0.4 is 5.14 Å². The van der Waals surface area contributed by atoms with Crippen LogP contribution >= 0.6 is 11.6 Å². The number of para-hydroxylation sites is 1. The van der Waals surface area contributed by atoms with Gasteiger partial charge in [0.25, 0.3) is 0 Å². The van der Waals surface area contributed by atoms with E-state index in [9.17, 15) is 8.60 Å². The lowest BCUT2D eigenvalue weighted by atomic mass is 10.0. The Morgan fingerprint density at radius 3 is 2.81 bits per heavy atom. The molecule has 0 bridgehead atoms. The van der Waals surface area contributed by atoms with Crippen molar-refractivity contribution in [2.75, 3.05) is 0 Å². The van der Waals surface area contributed by atoms with Gasteiger partial charge in [-0.2, -0.15) is 0 Å². The SMILES string of the molecule is CC(C)(CCCc1cc2cccc(F)c2nc1Cl)S(N)=O. The highest BCUT2D eigenvalue weighted by Crippen LogP contribution is 2.25. The van der Waals surface area contributed by atoms with Crippen molar-refractivity contribution in [3.8, 4) is 0 Å². The van der Waals surface area contributed by atoms with Gasteiger partial charge in [-0.25, -0.2) is 13.6 Å². The van der Waals surface area contributed by atoms with Crippen LogP contribution in [0.1, 0.15) is 32.3 Å². The highest BCUT2D eigenvalue weighted by molar-refractivity contribution is 7.84. The lowest BCUT2D eigenvalue weighted by Crippen LogP contribution is -2.31. The minimum absolute atomic E-state index is 0.287. The largest absolute Gasteiger partial charge is 0.251 e. The lowest BCUT2D eigenvalue weighted by molar-refractivity contribution is 0.568. The topological polar surface area (TPSA) is 56.0 Å². The molecule has 0 aliphatic rings. The molecule has 0 aliphatic heterocycles. The predicted octanol–water partition coefficient (Wildman–Crippen LogP) is 3.75. The van der Waals surface area contributed by atoms with Gasteiger partial charge < -0.3 is 0 Å². The molecule has 2 N–H and O–H groups in total. The van der Waals surface area contributed by atoms with Crippen LogP contribution in [0.25, 0.3) is 10.9 Å². The summed E-state index contributed by atoms with van der Waals surface area (Å²) in [5.41, 5.74) is 1.16. The molecule has 21 heavy (non-hydrogen) atoms. The average Bonchev–Trinajstić information content (AvgIpc) is 2.40. The second kappa shape index (κ2) is 6.38. The number of aryl methyl sites for hydroxylation is 1. The number of hydrogen-bond acceptors (Lipinski definition) is 2. The van der Waals surface area contributed by atoms with Gasteiger partial charge in [0.1, 0.15) is 16.5 Å². The molecular formula is C15H18ClFN2OS. The first-order valence-electron chi connectivity index (χ1n) is 6.71. The van der Waals surface area contributed by atoms with Crippen LogP contribution in [0.15, 0.2) is 24.3 Å². The third-order valence-corrected chi connectivity index (χ3v) is 5.21. The Morgan fingerprint density at radius 1 is 1.43 bits per heavy atom. The minimum Gasteiger partial charge on any atom is -0.251 e. The molecule has 0 saturated heterocycles. The molecule has 1 aromatic carbocycles. The summed E-state index contributed by atoms with van der Waals surface area (Å²) in [6, 6.07) is 6.69. The summed E-state index contributed by atoms with van der Waals surface area (Å²) in [6.07, 6.45) is 2.20. The third-order valence-electron chi connectivity index (χ3n) is 3.59. The van der Waals surface area contributed by atoms with Gasteiger partial charge in [-0.1, -0.05) is 23.7 Å². The zero-order valence-corrected chi connectivity index (χ0v) is 13.6. The molecule has 0 aliphatic carbocycles. The predicted molar refractivity (Wildman–Crippen MR) is 86.1 cm³/mol. The smallest absolute Gasteiger partial charge is 0.149 e. The number of fused-ring (bicyclic) bond motifs is 1. The highest BCUT2D eigenvalue weighted by Gasteiger charge is 2.22. The Bertz CT molecular complexity index is 691. The molecular weight excluding hydrogens is 311 g/mol. The van der Waals surface area contributed by atoms with Crippen molar-refractivity contribution < 1.29 is 8.60 Å². The number of benzene rings is 1. The van der Waals surface area contributed by atoms with E-state index in [-0.39, 0.29) is 11.3 Å². The van der Waals surface area contributed by atoms with Crippen molar-refractivity contribution in [1.82, 2.24) is 4.98 Å². The van der Waals surface area contributed by atoms with Crippen molar-refractivity contribution in [3.63, 3.8) is 0 Å². The van der Waals surface area contributed by atoms with Crippen molar-refractivity contribution in [1.29, 1.82) is 0 Å². The van der Waals surface area contributed by atoms with E-state index in [4.69, 9.17) is 16.7 Å². The molecule has 0 saturated carbocycles. The second-order valence-electron chi connectivity index (χ2n) is 5.66. The van der Waals surface area contributed by atoms with Crippen LogP contribution in [0, 0.1) is 5.82 Å². The summed E-state index contributed by atoms with van der Waals surface area (Å²) < 4.78 is 24.6. The fourth-order valence-corrected chi connectivity index (χ4v) is 2.74. The monoisotopic (exact) mass is 328 g/mol. The maximum absolute atomic E-state index is 13.6. The van der Waals surface area contributed by atoms with Gasteiger partial charge in [-0.05, 0) is 50.8 Å². The molecule has 1 atom stereocenters. The maximum atomic E-state index is 13.6. The van der Waals surface area contributed by atoms with Gasteiger partial charge >= 0.3 is 0 Å². The third kappa shape index (κ3) is 3.78. The van der Waals surface area contributed by atoms with Gasteiger partial charge in [-0.15, -0.1) is 0 Å². The van der Waals surface area contributed by atoms with Crippen LogP contribution in [0.4, 0.5) is 4.39 Å². The van der Waals surface area contributed by atoms with Gasteiger partial charge in [0, 0.05) is 5.39 Å². The number of pyridine rings is 1. The lowest BCUT2D eigenvalue weighted by Gasteiger charge is -2.20. The van der Waals surface area contributed by atoms with Crippen molar-refractivity contribution in [3.05, 3.63) is 40.8 Å². The Labute approximate surface area is 131 Å². The Morgan fingerprint density at radius 2 is 2.14 bits per heavy atom. The molecule has 114 valence electrons. The molecule has 1 heterocycles. The summed E-state index contributed by atoms with van der Waals surface area (Å²) in [6.45, 7) is 3.75. The van der Waals surface area contributed by atoms with Gasteiger partial charge in [0.05, 0.1) is 15.7 Å². The zero-order chi connectivity index (χ0) is 15.6. The van der Waals surface area contributed by atoms with Crippen molar-refractivity contribution >= 4 is 33.5 Å². The second-order valence-corrected chi connectivity index (χ2v) is 7.72. The summed E-state index contributed by atoms with van der Waals surface area (Å²) in [7, 11) is -1.36. The van der Waals surface area contributed by atoms with Crippen LogP contribution in [-0.2, 0) is 17.4 Å². The summed E-state index contributed by atoms with van der Waals surface area (Å²) in [5.74, 6) is -0.374. The average molecular weight is 329 g/mol. The molecule has 3 nitrogen and oxygen atoms in total. The number of nitrogens with two attached hydrogens (primary N) is 1. The fraction of sp³-hybridized carbons (Fsp3) is 0.400. The van der Waals surface area contributed by atoms with Crippen molar-refractivity contribution in [2.24, 2.45) is 5.14 Å². The molecule has 0 spiro atoms. The Balaban J connectivity index is 2.16. The van der Waals surface area contributed by atoms with E-state index in [0.29, 0.717) is 18.0 Å². The number of halogens is 2. The molecule has 0 amide bonds. The van der Waals surface area contributed by atoms with Crippen LogP contribution in [-0.4, -0.2) is 13.9 Å². The van der Waals surface area contributed by atoms with Gasteiger partial charge in [-0.3, -0.25) is 5.14 Å². The Hall–Kier alpha value is -1.04. The van der Waals surface area contributed by atoms with E-state index < -0.39 is 15.7 Å². The van der Waals surface area contributed by atoms with E-state index in [2.05, 4.69) is 4.98 Å². The molecule has 0 radical (unpaired) electrons. The summed E-state index contributed by atoms with van der Waals surface area (Å²) in [4.78, 5) is 4.13. The number of hydrogen-bond donors (Lipinski definition) is 1. The normalized spacial score (nSPS) is 13.6. The molecule has 2 rings (SSSR count). The van der Waals surface area contributed by atoms with E-state index in [1.807, 2.05) is 26.0 Å². The molecule has 1 unspecified atom stereocenters. The standard InChI is InChI=1S/C15H18ClFN2OS/c1-15(2,21(18)20)8-4-6-11-9-10-5-3-7-12(17)13(10)19-14(11)16/h3,5,7,9H,4,6,8,18H2,1-2H3. The first-order valence-corrected chi connectivity index (χ1v) is 8.30. The quantitative estimate of drug-likeness (QED) is 0.850.